The summed E-state index contributed by atoms with van der Waals surface area (Å²) in [5.41, 5.74) is 0.0530. The summed E-state index contributed by atoms with van der Waals surface area (Å²) in [6.45, 7) is 1.87. The molecule has 1 aromatic rings. The van der Waals surface area contributed by atoms with E-state index in [0.29, 0.717) is 12.3 Å². The number of hydrogen-bond donors (Lipinski definition) is 4. The number of hydrogen-bond acceptors (Lipinski definition) is 3. The van der Waals surface area contributed by atoms with Crippen molar-refractivity contribution in [1.29, 1.82) is 5.41 Å². The largest absolute Gasteiger partial charge is 0.342 e. The molecule has 26 heavy (non-hydrogen) atoms. The topological polar surface area (TPSA) is 97.3 Å². The minimum absolute atomic E-state index is 0.0561. The van der Waals surface area contributed by atoms with Crippen LogP contribution in [-0.4, -0.2) is 41.4 Å². The number of likely N-dealkylation sites (N-methyl/N-ethyl adjacent to an activating group) is 1. The third-order valence-corrected chi connectivity index (χ3v) is 5.35. The Labute approximate surface area is 154 Å². The van der Waals surface area contributed by atoms with E-state index in [1.54, 1.807) is 7.05 Å². The van der Waals surface area contributed by atoms with Crippen molar-refractivity contribution in [3.8, 4) is 0 Å². The lowest BCUT2D eigenvalue weighted by Crippen LogP contribution is -2.47. The molecule has 0 aromatic heterocycles. The van der Waals surface area contributed by atoms with Gasteiger partial charge in [0.05, 0.1) is 0 Å². The standard InChI is InChI=1S/C19H27N5O2/c1-19(16(25)24(2)17(20)23-19)12-13-7-6-10-15(11-13)22-18(26)21-14-8-4-3-5-9-14/h3-5,8-9,13,15H,6-7,10-12H2,1-2H3,(H2,20,23)(H2,21,22,26)/t13-,15-,19+/m0/s1. The Bertz CT molecular complexity index is 692. The van der Waals surface area contributed by atoms with Crippen LogP contribution in [0.3, 0.4) is 0 Å². The first-order valence-corrected chi connectivity index (χ1v) is 9.15. The molecular weight excluding hydrogens is 330 g/mol. The van der Waals surface area contributed by atoms with Crippen molar-refractivity contribution >= 4 is 23.6 Å². The summed E-state index contributed by atoms with van der Waals surface area (Å²) in [4.78, 5) is 26.0. The number of carbonyl (C=O) groups excluding carboxylic acids is 2. The van der Waals surface area contributed by atoms with Crippen molar-refractivity contribution in [3.05, 3.63) is 30.3 Å². The van der Waals surface area contributed by atoms with Gasteiger partial charge in [-0.1, -0.05) is 31.0 Å². The third-order valence-electron chi connectivity index (χ3n) is 5.35. The molecule has 7 heteroatoms. The third kappa shape index (κ3) is 3.98. The molecule has 2 aliphatic rings. The first kappa shape index (κ1) is 18.2. The van der Waals surface area contributed by atoms with E-state index in [4.69, 9.17) is 5.41 Å². The zero-order valence-electron chi connectivity index (χ0n) is 15.3. The Balaban J connectivity index is 1.53. The van der Waals surface area contributed by atoms with Crippen LogP contribution in [0.5, 0.6) is 0 Å². The average molecular weight is 357 g/mol. The molecule has 1 saturated carbocycles. The van der Waals surface area contributed by atoms with E-state index < -0.39 is 5.54 Å². The predicted molar refractivity (Wildman–Crippen MR) is 101 cm³/mol. The maximum Gasteiger partial charge on any atom is 0.319 e. The highest BCUT2D eigenvalue weighted by atomic mass is 16.2. The molecule has 0 bridgehead atoms. The van der Waals surface area contributed by atoms with Crippen molar-refractivity contribution < 1.29 is 9.59 Å². The molecule has 7 nitrogen and oxygen atoms in total. The minimum atomic E-state index is -0.718. The summed E-state index contributed by atoms with van der Waals surface area (Å²) in [7, 11) is 1.63. The van der Waals surface area contributed by atoms with Crippen LogP contribution in [0.1, 0.15) is 39.0 Å². The van der Waals surface area contributed by atoms with Crippen LogP contribution >= 0.6 is 0 Å². The number of carbonyl (C=O) groups is 2. The molecule has 2 fully saturated rings. The van der Waals surface area contributed by atoms with E-state index in [1.807, 2.05) is 37.3 Å². The number of nitrogens with zero attached hydrogens (tertiary/aromatic N) is 1. The molecule has 1 saturated heterocycles. The Hall–Kier alpha value is -2.57. The average Bonchev–Trinajstić information content (AvgIpc) is 2.79. The molecule has 4 N–H and O–H groups in total. The molecule has 1 aliphatic heterocycles. The van der Waals surface area contributed by atoms with E-state index in [2.05, 4.69) is 16.0 Å². The van der Waals surface area contributed by atoms with Gasteiger partial charge in [-0.25, -0.2) is 4.79 Å². The predicted octanol–water partition coefficient (Wildman–Crippen LogP) is 2.51. The second kappa shape index (κ2) is 7.35. The number of guanidine groups is 1. The number of amides is 3. The highest BCUT2D eigenvalue weighted by Gasteiger charge is 2.45. The Morgan fingerprint density at radius 2 is 2.08 bits per heavy atom. The van der Waals surface area contributed by atoms with Crippen molar-refractivity contribution in [3.63, 3.8) is 0 Å². The molecule has 3 amide bonds. The van der Waals surface area contributed by atoms with Crippen LogP contribution in [0.15, 0.2) is 30.3 Å². The summed E-state index contributed by atoms with van der Waals surface area (Å²) < 4.78 is 0. The van der Waals surface area contributed by atoms with E-state index in [9.17, 15) is 9.59 Å². The minimum Gasteiger partial charge on any atom is -0.342 e. The van der Waals surface area contributed by atoms with Gasteiger partial charge in [0.15, 0.2) is 5.96 Å². The van der Waals surface area contributed by atoms with Crippen LogP contribution in [0.4, 0.5) is 10.5 Å². The van der Waals surface area contributed by atoms with Crippen molar-refractivity contribution in [2.24, 2.45) is 5.92 Å². The van der Waals surface area contributed by atoms with Gasteiger partial charge in [-0.3, -0.25) is 15.1 Å². The number of rotatable bonds is 4. The van der Waals surface area contributed by atoms with Crippen molar-refractivity contribution in [1.82, 2.24) is 15.5 Å². The molecule has 1 aliphatic carbocycles. The van der Waals surface area contributed by atoms with E-state index >= 15 is 0 Å². The van der Waals surface area contributed by atoms with Crippen molar-refractivity contribution in [2.75, 3.05) is 12.4 Å². The summed E-state index contributed by atoms with van der Waals surface area (Å²) in [5, 5.41) is 16.8. The van der Waals surface area contributed by atoms with Gasteiger partial charge >= 0.3 is 6.03 Å². The second-order valence-electron chi connectivity index (χ2n) is 7.57. The number of urea groups is 1. The summed E-state index contributed by atoms with van der Waals surface area (Å²) >= 11 is 0. The van der Waals surface area contributed by atoms with E-state index in [1.165, 1.54) is 4.90 Å². The van der Waals surface area contributed by atoms with E-state index in [0.717, 1.165) is 31.4 Å². The fraction of sp³-hybridized carbons (Fsp3) is 0.526. The maximum atomic E-state index is 12.4. The summed E-state index contributed by atoms with van der Waals surface area (Å²) in [6.07, 6.45) is 4.55. The number of anilines is 1. The quantitative estimate of drug-likeness (QED) is 0.666. The van der Waals surface area contributed by atoms with Crippen LogP contribution in [0.2, 0.25) is 0 Å². The van der Waals surface area contributed by atoms with Gasteiger partial charge in [-0.15, -0.1) is 0 Å². The molecule has 0 unspecified atom stereocenters. The first-order chi connectivity index (χ1) is 12.4. The smallest absolute Gasteiger partial charge is 0.319 e. The second-order valence-corrected chi connectivity index (χ2v) is 7.57. The van der Waals surface area contributed by atoms with Crippen LogP contribution in [0.25, 0.3) is 0 Å². The fourth-order valence-corrected chi connectivity index (χ4v) is 4.07. The number of para-hydroxylation sites is 1. The van der Waals surface area contributed by atoms with Crippen LogP contribution in [-0.2, 0) is 4.79 Å². The zero-order chi connectivity index (χ0) is 18.7. The molecule has 1 aromatic carbocycles. The monoisotopic (exact) mass is 357 g/mol. The lowest BCUT2D eigenvalue weighted by Gasteiger charge is -2.34. The number of nitrogens with one attached hydrogen (secondary N) is 4. The lowest BCUT2D eigenvalue weighted by atomic mass is 9.78. The number of benzene rings is 1. The van der Waals surface area contributed by atoms with Gasteiger partial charge in [0.25, 0.3) is 5.91 Å². The Kier molecular flexibility index (Phi) is 5.15. The lowest BCUT2D eigenvalue weighted by molar-refractivity contribution is -0.130. The summed E-state index contributed by atoms with van der Waals surface area (Å²) in [6, 6.07) is 9.30. The molecule has 0 radical (unpaired) electrons. The van der Waals surface area contributed by atoms with Crippen LogP contribution < -0.4 is 16.0 Å². The van der Waals surface area contributed by atoms with Crippen molar-refractivity contribution in [2.45, 2.75) is 50.6 Å². The molecule has 1 heterocycles. The van der Waals surface area contributed by atoms with Gasteiger partial charge in [-0.05, 0) is 44.2 Å². The molecule has 0 spiro atoms. The van der Waals surface area contributed by atoms with Gasteiger partial charge in [0.1, 0.15) is 5.54 Å². The van der Waals surface area contributed by atoms with Crippen LogP contribution in [0, 0.1) is 11.3 Å². The molecule has 140 valence electrons. The SMILES string of the molecule is CN1C(=N)N[C@](C)(C[C@H]2CCC[C@H](NC(=O)Nc3ccccc3)C2)C1=O. The van der Waals surface area contributed by atoms with Gasteiger partial charge < -0.3 is 16.0 Å². The highest BCUT2D eigenvalue weighted by molar-refractivity contribution is 6.07. The maximum absolute atomic E-state index is 12.4. The fourth-order valence-electron chi connectivity index (χ4n) is 4.07. The Morgan fingerprint density at radius 3 is 2.73 bits per heavy atom. The van der Waals surface area contributed by atoms with Gasteiger partial charge in [-0.2, -0.15) is 0 Å². The highest BCUT2D eigenvalue weighted by Crippen LogP contribution is 2.33. The van der Waals surface area contributed by atoms with E-state index in [-0.39, 0.29) is 23.9 Å². The first-order valence-electron chi connectivity index (χ1n) is 9.15. The Morgan fingerprint density at radius 1 is 1.35 bits per heavy atom. The molecular formula is C19H27N5O2. The zero-order valence-corrected chi connectivity index (χ0v) is 15.3. The normalized spacial score (nSPS) is 28.6. The van der Waals surface area contributed by atoms with Gasteiger partial charge in [0.2, 0.25) is 0 Å². The molecule has 3 rings (SSSR count). The van der Waals surface area contributed by atoms with Gasteiger partial charge in [0, 0.05) is 18.8 Å². The summed E-state index contributed by atoms with van der Waals surface area (Å²) in [5.74, 6) is 0.441. The molecule has 3 atom stereocenters.